The Bertz CT molecular complexity index is 1490. The average Bonchev–Trinajstić information content (AvgIpc) is 3.23. The van der Waals surface area contributed by atoms with Gasteiger partial charge in [-0.3, -0.25) is 9.59 Å². The second kappa shape index (κ2) is 8.52. The number of hydrogen-bond acceptors (Lipinski definition) is 3. The van der Waals surface area contributed by atoms with Crippen LogP contribution >= 0.6 is 39.3 Å². The van der Waals surface area contributed by atoms with E-state index in [0.717, 1.165) is 49.6 Å². The summed E-state index contributed by atoms with van der Waals surface area (Å²) in [5.41, 5.74) is 4.47. The minimum atomic E-state index is -0.342. The van der Waals surface area contributed by atoms with E-state index in [2.05, 4.69) is 38.7 Å². The minimum Gasteiger partial charge on any atom is -0.317 e. The van der Waals surface area contributed by atoms with Crippen LogP contribution in [0.4, 0.5) is 10.5 Å². The third-order valence-corrected chi connectivity index (χ3v) is 7.50. The SMILES string of the molecule is Cc1cc(C=C2SC(=O)N(c3cccc(Cl)c3)C2=O)c(C)n1-c1ccc(Br)c2ccccc12. The molecule has 4 nitrogen and oxygen atoms in total. The summed E-state index contributed by atoms with van der Waals surface area (Å²) in [5.74, 6) is -0.342. The summed E-state index contributed by atoms with van der Waals surface area (Å²) < 4.78 is 3.22. The fraction of sp³-hybridized carbons (Fsp3) is 0.0769. The highest BCUT2D eigenvalue weighted by Gasteiger charge is 2.36. The number of rotatable bonds is 3. The zero-order valence-electron chi connectivity index (χ0n) is 17.8. The van der Waals surface area contributed by atoms with Gasteiger partial charge < -0.3 is 4.57 Å². The van der Waals surface area contributed by atoms with Crippen molar-refractivity contribution >= 4 is 73.0 Å². The van der Waals surface area contributed by atoms with Crippen molar-refractivity contribution in [3.8, 4) is 5.69 Å². The van der Waals surface area contributed by atoms with E-state index < -0.39 is 0 Å². The van der Waals surface area contributed by atoms with Gasteiger partial charge in [-0.05, 0) is 79.0 Å². The van der Waals surface area contributed by atoms with Gasteiger partial charge in [-0.25, -0.2) is 4.90 Å². The minimum absolute atomic E-state index is 0.332. The van der Waals surface area contributed by atoms with Crippen molar-refractivity contribution in [2.45, 2.75) is 13.8 Å². The predicted molar refractivity (Wildman–Crippen MR) is 140 cm³/mol. The molecule has 0 spiro atoms. The predicted octanol–water partition coefficient (Wildman–Crippen LogP) is 7.90. The maximum Gasteiger partial charge on any atom is 0.298 e. The van der Waals surface area contributed by atoms with Crippen LogP contribution in [0.15, 0.2) is 76.1 Å². The van der Waals surface area contributed by atoms with Crippen molar-refractivity contribution in [1.29, 1.82) is 0 Å². The molecule has 3 aromatic carbocycles. The second-order valence-electron chi connectivity index (χ2n) is 7.77. The van der Waals surface area contributed by atoms with Gasteiger partial charge in [-0.1, -0.05) is 57.9 Å². The van der Waals surface area contributed by atoms with Crippen molar-refractivity contribution in [2.75, 3.05) is 4.90 Å². The number of thioether (sulfide) groups is 1. The van der Waals surface area contributed by atoms with Gasteiger partial charge in [0.05, 0.1) is 16.3 Å². The van der Waals surface area contributed by atoms with Crippen molar-refractivity contribution in [3.05, 3.63) is 98.1 Å². The third-order valence-electron chi connectivity index (χ3n) is 5.71. The molecule has 1 aliphatic heterocycles. The molecule has 4 aromatic rings. The summed E-state index contributed by atoms with van der Waals surface area (Å²) in [6.07, 6.45) is 1.80. The van der Waals surface area contributed by atoms with Gasteiger partial charge in [0.2, 0.25) is 0 Å². The highest BCUT2D eigenvalue weighted by molar-refractivity contribution is 9.10. The Morgan fingerprint density at radius 1 is 0.939 bits per heavy atom. The van der Waals surface area contributed by atoms with E-state index in [9.17, 15) is 9.59 Å². The topological polar surface area (TPSA) is 42.3 Å². The molecule has 0 bridgehead atoms. The van der Waals surface area contributed by atoms with Gasteiger partial charge >= 0.3 is 0 Å². The smallest absolute Gasteiger partial charge is 0.298 e. The maximum absolute atomic E-state index is 13.1. The summed E-state index contributed by atoms with van der Waals surface area (Å²) in [6, 6.07) is 21.2. The third kappa shape index (κ3) is 3.82. The van der Waals surface area contributed by atoms with Gasteiger partial charge in [0.1, 0.15) is 0 Å². The molecule has 0 N–H and O–H groups in total. The number of aromatic nitrogens is 1. The summed E-state index contributed by atoms with van der Waals surface area (Å²) in [6.45, 7) is 4.07. The molecule has 0 radical (unpaired) electrons. The Hall–Kier alpha value is -2.80. The molecule has 1 saturated heterocycles. The lowest BCUT2D eigenvalue weighted by Crippen LogP contribution is -2.27. The first-order chi connectivity index (χ1) is 15.8. The Morgan fingerprint density at radius 3 is 2.45 bits per heavy atom. The summed E-state index contributed by atoms with van der Waals surface area (Å²) >= 11 is 10.6. The lowest BCUT2D eigenvalue weighted by atomic mass is 10.1. The zero-order chi connectivity index (χ0) is 23.3. The number of imide groups is 1. The molecule has 7 heteroatoms. The zero-order valence-corrected chi connectivity index (χ0v) is 21.0. The molecule has 0 unspecified atom stereocenters. The molecule has 1 aromatic heterocycles. The molecule has 2 heterocycles. The molecule has 0 saturated carbocycles. The first-order valence-electron chi connectivity index (χ1n) is 10.3. The number of benzene rings is 3. The van der Waals surface area contributed by atoms with Crippen LogP contribution in [-0.4, -0.2) is 15.7 Å². The first kappa shape index (κ1) is 22.0. The van der Waals surface area contributed by atoms with Crippen LogP contribution in [0.2, 0.25) is 5.02 Å². The van der Waals surface area contributed by atoms with E-state index in [1.807, 2.05) is 38.1 Å². The standard InChI is InChI=1S/C26H18BrClN2O2S/c1-15-12-17(13-24-25(31)30(26(32)33-24)19-7-5-6-18(28)14-19)16(2)29(15)23-11-10-22(27)20-8-3-4-9-21(20)23/h3-14H,1-2H3. The van der Waals surface area contributed by atoms with Gasteiger partial charge in [-0.2, -0.15) is 0 Å². The molecule has 2 amide bonds. The summed E-state index contributed by atoms with van der Waals surface area (Å²) in [4.78, 5) is 27.3. The number of hydrogen-bond donors (Lipinski definition) is 0. The van der Waals surface area contributed by atoms with Crippen molar-refractivity contribution in [1.82, 2.24) is 4.57 Å². The van der Waals surface area contributed by atoms with Crippen LogP contribution < -0.4 is 4.90 Å². The number of carbonyl (C=O) groups excluding carboxylic acids is 2. The quantitative estimate of drug-likeness (QED) is 0.249. The van der Waals surface area contributed by atoms with Gasteiger partial charge in [0, 0.05) is 26.3 Å². The van der Waals surface area contributed by atoms with Crippen LogP contribution in [0, 0.1) is 13.8 Å². The highest BCUT2D eigenvalue weighted by atomic mass is 79.9. The Labute approximate surface area is 209 Å². The number of aryl methyl sites for hydroxylation is 1. The van der Waals surface area contributed by atoms with E-state index in [1.54, 1.807) is 30.3 Å². The summed E-state index contributed by atoms with van der Waals surface area (Å²) in [7, 11) is 0. The Kier molecular flexibility index (Phi) is 5.69. The highest BCUT2D eigenvalue weighted by Crippen LogP contribution is 2.38. The summed E-state index contributed by atoms with van der Waals surface area (Å²) in [5, 5.41) is 2.40. The van der Waals surface area contributed by atoms with Gasteiger partial charge in [0.25, 0.3) is 11.1 Å². The van der Waals surface area contributed by atoms with Crippen LogP contribution in [0.3, 0.4) is 0 Å². The van der Waals surface area contributed by atoms with E-state index in [-0.39, 0.29) is 11.1 Å². The number of halogens is 2. The molecule has 5 rings (SSSR count). The van der Waals surface area contributed by atoms with E-state index in [0.29, 0.717) is 15.6 Å². The van der Waals surface area contributed by atoms with Crippen LogP contribution in [0.5, 0.6) is 0 Å². The number of amides is 2. The molecule has 164 valence electrons. The van der Waals surface area contributed by atoms with Crippen LogP contribution in [0.25, 0.3) is 22.5 Å². The molecule has 1 fully saturated rings. The van der Waals surface area contributed by atoms with Crippen LogP contribution in [0.1, 0.15) is 17.0 Å². The lowest BCUT2D eigenvalue weighted by Gasteiger charge is -2.14. The number of anilines is 1. The molecule has 1 aliphatic rings. The molecular weight excluding hydrogens is 520 g/mol. The second-order valence-corrected chi connectivity index (χ2v) is 10.1. The van der Waals surface area contributed by atoms with Crippen molar-refractivity contribution in [2.24, 2.45) is 0 Å². The number of nitrogens with zero attached hydrogens (tertiary/aromatic N) is 2. The molecule has 33 heavy (non-hydrogen) atoms. The number of carbonyl (C=O) groups is 2. The van der Waals surface area contributed by atoms with E-state index in [4.69, 9.17) is 11.6 Å². The Balaban J connectivity index is 1.57. The fourth-order valence-corrected chi connectivity index (χ4v) is 5.69. The molecular formula is C26H18BrClN2O2S. The molecule has 0 aliphatic carbocycles. The number of fused-ring (bicyclic) bond motifs is 1. The van der Waals surface area contributed by atoms with E-state index in [1.165, 1.54) is 4.90 Å². The van der Waals surface area contributed by atoms with Crippen LogP contribution in [-0.2, 0) is 4.79 Å². The van der Waals surface area contributed by atoms with Crippen molar-refractivity contribution in [3.63, 3.8) is 0 Å². The normalized spacial score (nSPS) is 15.3. The largest absolute Gasteiger partial charge is 0.317 e. The molecule has 0 atom stereocenters. The lowest BCUT2D eigenvalue weighted by molar-refractivity contribution is -0.113. The van der Waals surface area contributed by atoms with Gasteiger partial charge in [-0.15, -0.1) is 0 Å². The first-order valence-corrected chi connectivity index (χ1v) is 12.2. The fourth-order valence-electron chi connectivity index (χ4n) is 4.19. The van der Waals surface area contributed by atoms with Gasteiger partial charge in [0.15, 0.2) is 0 Å². The van der Waals surface area contributed by atoms with E-state index >= 15 is 0 Å². The average molecular weight is 538 g/mol. The Morgan fingerprint density at radius 2 is 1.70 bits per heavy atom. The monoisotopic (exact) mass is 536 g/mol. The van der Waals surface area contributed by atoms with Crippen molar-refractivity contribution < 1.29 is 9.59 Å². The maximum atomic E-state index is 13.1.